The Hall–Kier alpha value is -3.95. The van der Waals surface area contributed by atoms with Gasteiger partial charge in [-0.3, -0.25) is 9.59 Å². The van der Waals surface area contributed by atoms with Crippen LogP contribution in [0.15, 0.2) is 66.0 Å². The number of benzene rings is 2. The molecule has 3 aromatic rings. The number of aromatic amines is 1. The minimum absolute atomic E-state index is 0.0608. The zero-order valence-corrected chi connectivity index (χ0v) is 16.1. The lowest BCUT2D eigenvalue weighted by molar-refractivity contribution is -0.137. The average molecular weight is 427 g/mol. The van der Waals surface area contributed by atoms with Gasteiger partial charge in [-0.2, -0.15) is 23.3 Å². The zero-order chi connectivity index (χ0) is 22.2. The molecule has 0 fully saturated rings. The minimum Gasteiger partial charge on any atom is -0.345 e. The van der Waals surface area contributed by atoms with E-state index in [2.05, 4.69) is 20.4 Å². The molecule has 0 spiro atoms. The van der Waals surface area contributed by atoms with Gasteiger partial charge in [0, 0.05) is 23.6 Å². The van der Waals surface area contributed by atoms with E-state index in [0.717, 1.165) is 22.7 Å². The molecule has 0 aliphatic carbocycles. The van der Waals surface area contributed by atoms with Gasteiger partial charge in [-0.05, 0) is 37.3 Å². The van der Waals surface area contributed by atoms with Gasteiger partial charge < -0.3 is 10.3 Å². The van der Waals surface area contributed by atoms with Crippen LogP contribution in [-0.4, -0.2) is 27.5 Å². The molecule has 4 rings (SSSR count). The van der Waals surface area contributed by atoms with Gasteiger partial charge in [0.15, 0.2) is 5.92 Å². The summed E-state index contributed by atoms with van der Waals surface area (Å²) in [7, 11) is 0. The number of hydrogen-bond acceptors (Lipinski definition) is 4. The van der Waals surface area contributed by atoms with Gasteiger partial charge in [-0.25, -0.2) is 4.98 Å². The predicted octanol–water partition coefficient (Wildman–Crippen LogP) is 4.07. The molecule has 10 heteroatoms. The molecule has 7 nitrogen and oxygen atoms in total. The Morgan fingerprint density at radius 1 is 1.16 bits per heavy atom. The molecule has 1 aromatic heterocycles. The number of hydrazone groups is 1. The summed E-state index contributed by atoms with van der Waals surface area (Å²) in [5, 5.41) is 7.52. The number of H-pyrrole nitrogens is 1. The van der Waals surface area contributed by atoms with Crippen molar-refractivity contribution in [3.8, 4) is 11.4 Å². The monoisotopic (exact) mass is 427 g/mol. The lowest BCUT2D eigenvalue weighted by Crippen LogP contribution is -2.36. The highest BCUT2D eigenvalue weighted by Gasteiger charge is 2.40. The van der Waals surface area contributed by atoms with Crippen molar-refractivity contribution in [3.05, 3.63) is 66.5 Å². The molecule has 158 valence electrons. The zero-order valence-electron chi connectivity index (χ0n) is 16.1. The van der Waals surface area contributed by atoms with Gasteiger partial charge in [-0.1, -0.05) is 18.2 Å². The van der Waals surface area contributed by atoms with Crippen molar-refractivity contribution in [1.82, 2.24) is 9.97 Å². The van der Waals surface area contributed by atoms with Crippen molar-refractivity contribution >= 4 is 28.9 Å². The summed E-state index contributed by atoms with van der Waals surface area (Å²) < 4.78 is 39.0. The fraction of sp³-hybridized carbons (Fsp3) is 0.143. The molecular formula is C21H16F3N5O2. The standard InChI is InChI=1S/C21H16F3N5O2/c1-12-17(19(30)27-15-6-2-4-13(10-15)18-25-8-9-26-18)20(31)29(28-12)16-7-3-5-14(11-16)21(22,23)24/h2-11,17H,1H3,(H,25,26)(H,27,30). The molecule has 0 bridgehead atoms. The summed E-state index contributed by atoms with van der Waals surface area (Å²) in [5.41, 5.74) is 0.387. The summed E-state index contributed by atoms with van der Waals surface area (Å²) >= 11 is 0. The smallest absolute Gasteiger partial charge is 0.345 e. The molecule has 0 saturated carbocycles. The van der Waals surface area contributed by atoms with E-state index in [0.29, 0.717) is 11.5 Å². The summed E-state index contributed by atoms with van der Waals surface area (Å²) in [5.74, 6) is -1.99. The van der Waals surface area contributed by atoms with Crippen LogP contribution in [0, 0.1) is 5.92 Å². The largest absolute Gasteiger partial charge is 0.416 e. The number of imidazole rings is 1. The number of nitrogens with zero attached hydrogens (tertiary/aromatic N) is 3. The Morgan fingerprint density at radius 3 is 2.65 bits per heavy atom. The summed E-state index contributed by atoms with van der Waals surface area (Å²) in [6.45, 7) is 1.48. The van der Waals surface area contributed by atoms with Crippen LogP contribution < -0.4 is 10.3 Å². The third-order valence-corrected chi connectivity index (χ3v) is 4.71. The molecule has 2 heterocycles. The maximum absolute atomic E-state index is 13.0. The molecule has 1 atom stereocenters. The van der Waals surface area contributed by atoms with Crippen molar-refractivity contribution in [3.63, 3.8) is 0 Å². The normalized spacial score (nSPS) is 16.4. The molecule has 2 N–H and O–H groups in total. The Kier molecular flexibility index (Phi) is 5.05. The third-order valence-electron chi connectivity index (χ3n) is 4.71. The van der Waals surface area contributed by atoms with Crippen LogP contribution in [0.4, 0.5) is 24.5 Å². The first kappa shape index (κ1) is 20.3. The maximum Gasteiger partial charge on any atom is 0.416 e. The number of carbonyl (C=O) groups is 2. The van der Waals surface area contributed by atoms with Crippen LogP contribution in [0.1, 0.15) is 12.5 Å². The van der Waals surface area contributed by atoms with Gasteiger partial charge in [0.05, 0.1) is 17.0 Å². The van der Waals surface area contributed by atoms with E-state index in [4.69, 9.17) is 0 Å². The van der Waals surface area contributed by atoms with Crippen LogP contribution >= 0.6 is 0 Å². The molecule has 2 amide bonds. The Balaban J connectivity index is 1.54. The first-order valence-electron chi connectivity index (χ1n) is 9.21. The van der Waals surface area contributed by atoms with Crippen LogP contribution in [-0.2, 0) is 15.8 Å². The molecule has 1 aliphatic heterocycles. The summed E-state index contributed by atoms with van der Waals surface area (Å²) in [6.07, 6.45) is -1.30. The molecule has 1 unspecified atom stereocenters. The van der Waals surface area contributed by atoms with Gasteiger partial charge in [0.25, 0.3) is 5.91 Å². The van der Waals surface area contributed by atoms with Crippen LogP contribution in [0.3, 0.4) is 0 Å². The predicted molar refractivity (Wildman–Crippen MR) is 108 cm³/mol. The van der Waals surface area contributed by atoms with Gasteiger partial charge in [0.1, 0.15) is 5.82 Å². The molecule has 0 saturated heterocycles. The van der Waals surface area contributed by atoms with E-state index in [-0.39, 0.29) is 11.4 Å². The first-order chi connectivity index (χ1) is 14.7. The van der Waals surface area contributed by atoms with Crippen molar-refractivity contribution in [2.45, 2.75) is 13.1 Å². The topological polar surface area (TPSA) is 90.4 Å². The molecule has 31 heavy (non-hydrogen) atoms. The second kappa shape index (κ2) is 7.71. The molecule has 2 aromatic carbocycles. The van der Waals surface area contributed by atoms with Crippen molar-refractivity contribution in [1.29, 1.82) is 0 Å². The Morgan fingerprint density at radius 2 is 1.94 bits per heavy atom. The van der Waals surface area contributed by atoms with Gasteiger partial charge in [-0.15, -0.1) is 0 Å². The maximum atomic E-state index is 13.0. The van der Waals surface area contributed by atoms with Gasteiger partial charge >= 0.3 is 6.18 Å². The van der Waals surface area contributed by atoms with E-state index in [1.54, 1.807) is 36.7 Å². The summed E-state index contributed by atoms with van der Waals surface area (Å²) in [4.78, 5) is 32.7. The number of anilines is 2. The van der Waals surface area contributed by atoms with Crippen LogP contribution in [0.2, 0.25) is 0 Å². The number of carbonyl (C=O) groups excluding carboxylic acids is 2. The molecule has 0 radical (unpaired) electrons. The number of rotatable bonds is 4. The van der Waals surface area contributed by atoms with Crippen molar-refractivity contribution < 1.29 is 22.8 Å². The lowest BCUT2D eigenvalue weighted by atomic mass is 10.0. The van der Waals surface area contributed by atoms with E-state index in [9.17, 15) is 22.8 Å². The SMILES string of the molecule is CC1=NN(c2cccc(C(F)(F)F)c2)C(=O)C1C(=O)Nc1cccc(-c2ncc[nH]2)c1. The van der Waals surface area contributed by atoms with Crippen LogP contribution in [0.5, 0.6) is 0 Å². The van der Waals surface area contributed by atoms with E-state index in [1.807, 2.05) is 0 Å². The minimum atomic E-state index is -4.56. The fourth-order valence-electron chi connectivity index (χ4n) is 3.25. The Labute approximate surface area is 174 Å². The summed E-state index contributed by atoms with van der Waals surface area (Å²) in [6, 6.07) is 11.1. The second-order valence-corrected chi connectivity index (χ2v) is 6.88. The Bertz CT molecular complexity index is 1170. The van der Waals surface area contributed by atoms with Crippen molar-refractivity contribution in [2.75, 3.05) is 10.3 Å². The number of hydrogen-bond donors (Lipinski definition) is 2. The molecular weight excluding hydrogens is 411 g/mol. The lowest BCUT2D eigenvalue weighted by Gasteiger charge is -2.16. The quantitative estimate of drug-likeness (QED) is 0.615. The third kappa shape index (κ3) is 4.04. The fourth-order valence-corrected chi connectivity index (χ4v) is 3.25. The highest BCUT2D eigenvalue weighted by molar-refractivity contribution is 6.28. The second-order valence-electron chi connectivity index (χ2n) is 6.88. The molecule has 1 aliphatic rings. The first-order valence-corrected chi connectivity index (χ1v) is 9.21. The number of nitrogens with one attached hydrogen (secondary N) is 2. The van der Waals surface area contributed by atoms with Crippen molar-refractivity contribution in [2.24, 2.45) is 11.0 Å². The highest BCUT2D eigenvalue weighted by atomic mass is 19.4. The number of aromatic nitrogens is 2. The van der Waals surface area contributed by atoms with E-state index >= 15 is 0 Å². The van der Waals surface area contributed by atoms with Gasteiger partial charge in [0.2, 0.25) is 5.91 Å². The number of amides is 2. The average Bonchev–Trinajstić information content (AvgIpc) is 3.36. The van der Waals surface area contributed by atoms with E-state index in [1.165, 1.54) is 19.1 Å². The van der Waals surface area contributed by atoms with E-state index < -0.39 is 29.5 Å². The van der Waals surface area contributed by atoms with Crippen LogP contribution in [0.25, 0.3) is 11.4 Å². The number of halogens is 3. The highest BCUT2D eigenvalue weighted by Crippen LogP contribution is 2.33. The number of alkyl halides is 3.